The Labute approximate surface area is 175 Å². The molecule has 1 amide bonds. The van der Waals surface area contributed by atoms with Crippen molar-refractivity contribution in [3.05, 3.63) is 65.7 Å². The second-order valence-corrected chi connectivity index (χ2v) is 7.40. The molecule has 3 aromatic rings. The smallest absolute Gasteiger partial charge is 0.246 e. The third-order valence-corrected chi connectivity index (χ3v) is 5.19. The molecule has 1 saturated heterocycles. The highest BCUT2D eigenvalue weighted by atomic mass is 16.5. The van der Waals surface area contributed by atoms with Gasteiger partial charge in [0.05, 0.1) is 13.2 Å². The van der Waals surface area contributed by atoms with E-state index >= 15 is 0 Å². The Hall–Kier alpha value is -3.10. The van der Waals surface area contributed by atoms with Crippen molar-refractivity contribution in [3.8, 4) is 11.4 Å². The molecule has 1 aliphatic heterocycles. The van der Waals surface area contributed by atoms with E-state index in [4.69, 9.17) is 4.74 Å². The Morgan fingerprint density at radius 1 is 1.07 bits per heavy atom. The Morgan fingerprint density at radius 3 is 2.50 bits per heavy atom. The standard InChI is InChI=1S/C22H26N6O2/c1-17(28-25-21(24-26-28)20-5-3-2-4-6-20)22(29)23-15-18-7-9-19(10-8-18)16-27-11-13-30-14-12-27/h2-10,17H,11-16H2,1H3,(H,23,29). The molecule has 30 heavy (non-hydrogen) atoms. The highest BCUT2D eigenvalue weighted by molar-refractivity contribution is 5.79. The van der Waals surface area contributed by atoms with Crippen molar-refractivity contribution in [2.24, 2.45) is 0 Å². The van der Waals surface area contributed by atoms with Gasteiger partial charge in [0.1, 0.15) is 6.04 Å². The zero-order valence-corrected chi connectivity index (χ0v) is 17.1. The number of carbonyl (C=O) groups excluding carboxylic acids is 1. The number of benzene rings is 2. The molecule has 0 radical (unpaired) electrons. The topological polar surface area (TPSA) is 85.2 Å². The number of nitrogens with one attached hydrogen (secondary N) is 1. The van der Waals surface area contributed by atoms with Crippen molar-refractivity contribution in [2.75, 3.05) is 26.3 Å². The normalized spacial score (nSPS) is 15.6. The first-order valence-corrected chi connectivity index (χ1v) is 10.2. The van der Waals surface area contributed by atoms with Crippen LogP contribution in [0, 0.1) is 0 Å². The van der Waals surface area contributed by atoms with E-state index < -0.39 is 6.04 Å². The summed E-state index contributed by atoms with van der Waals surface area (Å²) in [6, 6.07) is 17.4. The zero-order chi connectivity index (χ0) is 20.8. The molecular weight excluding hydrogens is 380 g/mol. The van der Waals surface area contributed by atoms with Crippen LogP contribution in [0.4, 0.5) is 0 Å². The van der Waals surface area contributed by atoms with E-state index in [0.29, 0.717) is 12.4 Å². The van der Waals surface area contributed by atoms with E-state index in [0.717, 1.165) is 44.0 Å². The Balaban J connectivity index is 1.29. The second-order valence-electron chi connectivity index (χ2n) is 7.40. The Bertz CT molecular complexity index is 951. The Kier molecular flexibility index (Phi) is 6.46. The van der Waals surface area contributed by atoms with Gasteiger partial charge in [-0.3, -0.25) is 9.69 Å². The number of aromatic nitrogens is 4. The largest absolute Gasteiger partial charge is 0.379 e. The van der Waals surface area contributed by atoms with Gasteiger partial charge in [-0.1, -0.05) is 54.6 Å². The molecule has 1 N–H and O–H groups in total. The Morgan fingerprint density at radius 2 is 1.77 bits per heavy atom. The van der Waals surface area contributed by atoms with Crippen LogP contribution in [0.1, 0.15) is 24.1 Å². The van der Waals surface area contributed by atoms with E-state index in [1.54, 1.807) is 6.92 Å². The lowest BCUT2D eigenvalue weighted by Crippen LogP contribution is -2.35. The number of ether oxygens (including phenoxy) is 1. The van der Waals surface area contributed by atoms with Crippen LogP contribution in [0.2, 0.25) is 0 Å². The van der Waals surface area contributed by atoms with Crippen LogP contribution in [-0.2, 0) is 22.6 Å². The van der Waals surface area contributed by atoms with E-state index in [-0.39, 0.29) is 5.91 Å². The van der Waals surface area contributed by atoms with Gasteiger partial charge in [0.2, 0.25) is 11.7 Å². The third kappa shape index (κ3) is 5.08. The summed E-state index contributed by atoms with van der Waals surface area (Å²) in [5.41, 5.74) is 3.19. The van der Waals surface area contributed by atoms with Crippen molar-refractivity contribution in [1.82, 2.24) is 30.4 Å². The minimum Gasteiger partial charge on any atom is -0.379 e. The van der Waals surface area contributed by atoms with Crippen LogP contribution in [-0.4, -0.2) is 57.3 Å². The number of hydrogen-bond donors (Lipinski definition) is 1. The number of rotatable bonds is 7. The average Bonchev–Trinajstić information content (AvgIpc) is 3.29. The summed E-state index contributed by atoms with van der Waals surface area (Å²) in [7, 11) is 0. The zero-order valence-electron chi connectivity index (χ0n) is 17.1. The minimum atomic E-state index is -0.546. The monoisotopic (exact) mass is 406 g/mol. The van der Waals surface area contributed by atoms with Gasteiger partial charge in [-0.15, -0.1) is 10.2 Å². The van der Waals surface area contributed by atoms with Crippen LogP contribution >= 0.6 is 0 Å². The third-order valence-electron chi connectivity index (χ3n) is 5.19. The van der Waals surface area contributed by atoms with Gasteiger partial charge < -0.3 is 10.1 Å². The van der Waals surface area contributed by atoms with Crippen LogP contribution in [0.5, 0.6) is 0 Å². The number of morpholine rings is 1. The van der Waals surface area contributed by atoms with E-state index in [2.05, 4.69) is 49.9 Å². The highest BCUT2D eigenvalue weighted by Gasteiger charge is 2.18. The first-order valence-electron chi connectivity index (χ1n) is 10.2. The van der Waals surface area contributed by atoms with E-state index in [1.807, 2.05) is 30.3 Å². The molecule has 2 heterocycles. The lowest BCUT2D eigenvalue weighted by Gasteiger charge is -2.26. The number of carbonyl (C=O) groups is 1. The molecule has 1 fully saturated rings. The van der Waals surface area contributed by atoms with Crippen molar-refractivity contribution >= 4 is 5.91 Å². The van der Waals surface area contributed by atoms with Crippen LogP contribution in [0.3, 0.4) is 0 Å². The molecule has 1 aromatic heterocycles. The predicted octanol–water partition coefficient (Wildman–Crippen LogP) is 2.05. The molecule has 2 aromatic carbocycles. The van der Waals surface area contributed by atoms with E-state index in [1.165, 1.54) is 10.4 Å². The molecule has 1 atom stereocenters. The summed E-state index contributed by atoms with van der Waals surface area (Å²) in [4.78, 5) is 16.3. The van der Waals surface area contributed by atoms with Gasteiger partial charge in [0.25, 0.3) is 0 Å². The summed E-state index contributed by atoms with van der Waals surface area (Å²) >= 11 is 0. The maximum atomic E-state index is 12.5. The molecule has 1 aliphatic rings. The lowest BCUT2D eigenvalue weighted by molar-refractivity contribution is -0.124. The summed E-state index contributed by atoms with van der Waals surface area (Å²) < 4.78 is 5.39. The van der Waals surface area contributed by atoms with Gasteiger partial charge in [0, 0.05) is 31.7 Å². The fourth-order valence-electron chi connectivity index (χ4n) is 3.31. The summed E-state index contributed by atoms with van der Waals surface area (Å²) in [5, 5.41) is 15.4. The van der Waals surface area contributed by atoms with Crippen molar-refractivity contribution in [3.63, 3.8) is 0 Å². The highest BCUT2D eigenvalue weighted by Crippen LogP contribution is 2.14. The summed E-state index contributed by atoms with van der Waals surface area (Å²) in [5.74, 6) is 0.357. The molecule has 0 spiro atoms. The first kappa shape index (κ1) is 20.2. The summed E-state index contributed by atoms with van der Waals surface area (Å²) in [6.45, 7) is 6.69. The minimum absolute atomic E-state index is 0.149. The van der Waals surface area contributed by atoms with Gasteiger partial charge in [-0.25, -0.2) is 0 Å². The maximum absolute atomic E-state index is 12.5. The molecule has 8 nitrogen and oxygen atoms in total. The SMILES string of the molecule is CC(C(=O)NCc1ccc(CN2CCOCC2)cc1)n1nnc(-c2ccccc2)n1. The first-order chi connectivity index (χ1) is 14.7. The summed E-state index contributed by atoms with van der Waals surface area (Å²) in [6.07, 6.45) is 0. The molecule has 156 valence electrons. The molecule has 0 aliphatic carbocycles. The van der Waals surface area contributed by atoms with Crippen molar-refractivity contribution in [2.45, 2.75) is 26.1 Å². The molecule has 4 rings (SSSR count). The number of tetrazole rings is 1. The van der Waals surface area contributed by atoms with E-state index in [9.17, 15) is 4.79 Å². The lowest BCUT2D eigenvalue weighted by atomic mass is 10.1. The fourth-order valence-corrected chi connectivity index (χ4v) is 3.31. The van der Waals surface area contributed by atoms with Gasteiger partial charge in [0.15, 0.2) is 0 Å². The molecule has 8 heteroatoms. The van der Waals surface area contributed by atoms with Gasteiger partial charge >= 0.3 is 0 Å². The van der Waals surface area contributed by atoms with Crippen LogP contribution in [0.15, 0.2) is 54.6 Å². The van der Waals surface area contributed by atoms with Gasteiger partial charge in [-0.05, 0) is 23.3 Å². The predicted molar refractivity (Wildman–Crippen MR) is 112 cm³/mol. The van der Waals surface area contributed by atoms with Crippen molar-refractivity contribution in [1.29, 1.82) is 0 Å². The molecule has 1 unspecified atom stereocenters. The molecule has 0 saturated carbocycles. The van der Waals surface area contributed by atoms with Crippen LogP contribution < -0.4 is 5.32 Å². The number of hydrogen-bond acceptors (Lipinski definition) is 6. The average molecular weight is 406 g/mol. The number of amides is 1. The quantitative estimate of drug-likeness (QED) is 0.646. The second kappa shape index (κ2) is 9.60. The fraction of sp³-hybridized carbons (Fsp3) is 0.364. The van der Waals surface area contributed by atoms with Crippen molar-refractivity contribution < 1.29 is 9.53 Å². The number of nitrogens with zero attached hydrogens (tertiary/aromatic N) is 5. The molecule has 0 bridgehead atoms. The van der Waals surface area contributed by atoms with Crippen LogP contribution in [0.25, 0.3) is 11.4 Å². The van der Waals surface area contributed by atoms with Gasteiger partial charge in [-0.2, -0.15) is 4.80 Å². The molecular formula is C22H26N6O2. The maximum Gasteiger partial charge on any atom is 0.246 e.